The van der Waals surface area contributed by atoms with Crippen LogP contribution in [-0.2, 0) is 0 Å². The number of hydrogen-bond donors (Lipinski definition) is 1. The Morgan fingerprint density at radius 2 is 2.44 bits per heavy atom. The first-order valence-corrected chi connectivity index (χ1v) is 3.34. The highest BCUT2D eigenvalue weighted by Crippen LogP contribution is 2.32. The smallest absolute Gasteiger partial charge is 0.283 e. The van der Waals surface area contributed by atoms with E-state index in [1.807, 2.05) is 0 Å². The van der Waals surface area contributed by atoms with Gasteiger partial charge in [0.1, 0.15) is 0 Å². The molecule has 0 radical (unpaired) electrons. The van der Waals surface area contributed by atoms with E-state index in [1.165, 1.54) is 0 Å². The van der Waals surface area contributed by atoms with E-state index in [-0.39, 0.29) is 0 Å². The van der Waals surface area contributed by atoms with Gasteiger partial charge < -0.3 is 0 Å². The lowest BCUT2D eigenvalue weighted by atomic mass is 10.1. The number of nitrogens with zero attached hydrogens (tertiary/aromatic N) is 1. The summed E-state index contributed by atoms with van der Waals surface area (Å²) >= 11 is 0. The molecule has 2 nitrogen and oxygen atoms in total. The van der Waals surface area contributed by atoms with Crippen molar-refractivity contribution in [1.82, 2.24) is 0 Å². The molecule has 1 aliphatic carbocycles. The Morgan fingerprint density at radius 3 is 2.67 bits per heavy atom. The molecule has 0 saturated heterocycles. The molecule has 0 heterocycles. The fourth-order valence-electron chi connectivity index (χ4n) is 1.41. The fourth-order valence-corrected chi connectivity index (χ4v) is 1.41. The molecule has 1 aliphatic rings. The molecule has 0 aromatic heterocycles. The molecule has 1 fully saturated rings. The Bertz CT molecular complexity index is 147. The first kappa shape index (κ1) is 6.57. The molecule has 9 heavy (non-hydrogen) atoms. The normalized spacial score (nSPS) is 42.6. The van der Waals surface area contributed by atoms with Gasteiger partial charge in [-0.2, -0.15) is 0 Å². The number of hydrogen-bond acceptors (Lipinski definition) is 1. The van der Waals surface area contributed by atoms with E-state index in [1.54, 1.807) is 0 Å². The summed E-state index contributed by atoms with van der Waals surface area (Å²) in [4.78, 5) is 3.40. The van der Waals surface area contributed by atoms with Gasteiger partial charge in [0, 0.05) is 12.8 Å². The zero-order valence-corrected chi connectivity index (χ0v) is 5.72. The summed E-state index contributed by atoms with van der Waals surface area (Å²) in [6.45, 7) is 8.94. The predicted octanol–water partition coefficient (Wildman–Crippen LogP) is 1.38. The molecule has 2 atom stereocenters. The second-order valence-corrected chi connectivity index (χ2v) is 3.06. The van der Waals surface area contributed by atoms with Crippen molar-refractivity contribution < 1.29 is 0 Å². The molecule has 0 spiro atoms. The first-order valence-electron chi connectivity index (χ1n) is 3.34. The van der Waals surface area contributed by atoms with Gasteiger partial charge in [-0.3, -0.25) is 10.6 Å². The van der Waals surface area contributed by atoms with E-state index < -0.39 is 5.66 Å². The van der Waals surface area contributed by atoms with E-state index in [0.29, 0.717) is 5.92 Å². The Balaban J connectivity index is 2.58. The molecular weight excluding hydrogens is 112 g/mol. The summed E-state index contributed by atoms with van der Waals surface area (Å²) in [5.74, 6) is 0.657. The first-order chi connectivity index (χ1) is 4.16. The molecule has 0 aromatic carbocycles. The molecule has 0 bridgehead atoms. The summed E-state index contributed by atoms with van der Waals surface area (Å²) in [6.07, 6.45) is 2.90. The zero-order chi connectivity index (χ0) is 6.91. The van der Waals surface area contributed by atoms with Gasteiger partial charge in [0.05, 0.1) is 0 Å². The summed E-state index contributed by atoms with van der Waals surface area (Å²) < 4.78 is 0. The molecule has 2 unspecified atom stereocenters. The Labute approximate surface area is 55.9 Å². The lowest BCUT2D eigenvalue weighted by Gasteiger charge is -2.06. The third kappa shape index (κ3) is 1.22. The van der Waals surface area contributed by atoms with Gasteiger partial charge in [0.2, 0.25) is 0 Å². The van der Waals surface area contributed by atoms with Crippen molar-refractivity contribution in [1.29, 1.82) is 0 Å². The van der Waals surface area contributed by atoms with Crippen molar-refractivity contribution >= 4 is 0 Å². The summed E-state index contributed by atoms with van der Waals surface area (Å²) in [6, 6.07) is 0. The Morgan fingerprint density at radius 1 is 1.78 bits per heavy atom. The summed E-state index contributed by atoms with van der Waals surface area (Å²) in [5, 5.41) is 0. The van der Waals surface area contributed by atoms with E-state index in [9.17, 15) is 0 Å². The van der Waals surface area contributed by atoms with Crippen molar-refractivity contribution in [2.24, 2.45) is 11.7 Å². The van der Waals surface area contributed by atoms with Gasteiger partial charge in [-0.1, -0.05) is 6.92 Å². The maximum absolute atomic E-state index is 6.79. The van der Waals surface area contributed by atoms with Crippen LogP contribution in [0.3, 0.4) is 0 Å². The lowest BCUT2D eigenvalue weighted by molar-refractivity contribution is 0.512. The molecule has 0 aromatic rings. The molecule has 2 heteroatoms. The van der Waals surface area contributed by atoms with E-state index in [4.69, 9.17) is 12.3 Å². The van der Waals surface area contributed by atoms with Gasteiger partial charge in [-0.15, -0.1) is 0 Å². The number of nitrogens with two attached hydrogens (primary N) is 1. The lowest BCUT2D eigenvalue weighted by Crippen LogP contribution is -2.32. The third-order valence-corrected chi connectivity index (χ3v) is 1.99. The van der Waals surface area contributed by atoms with Crippen LogP contribution in [0.5, 0.6) is 0 Å². The molecule has 1 saturated carbocycles. The molecule has 0 amide bonds. The van der Waals surface area contributed by atoms with Gasteiger partial charge in [0.25, 0.3) is 5.66 Å². The zero-order valence-electron chi connectivity index (χ0n) is 5.72. The van der Waals surface area contributed by atoms with E-state index in [2.05, 4.69) is 11.8 Å². The maximum atomic E-state index is 6.79. The quantitative estimate of drug-likeness (QED) is 0.486. The summed E-state index contributed by atoms with van der Waals surface area (Å²) in [7, 11) is 0. The van der Waals surface area contributed by atoms with E-state index in [0.717, 1.165) is 19.3 Å². The van der Waals surface area contributed by atoms with Crippen LogP contribution >= 0.6 is 0 Å². The highest BCUT2D eigenvalue weighted by Gasteiger charge is 2.39. The average Bonchev–Trinajstić information content (AvgIpc) is 2.13. The largest absolute Gasteiger partial charge is 0.293 e. The minimum atomic E-state index is -0.501. The molecule has 50 valence electrons. The van der Waals surface area contributed by atoms with Gasteiger partial charge >= 0.3 is 0 Å². The van der Waals surface area contributed by atoms with Crippen molar-refractivity contribution in [3.63, 3.8) is 0 Å². The minimum Gasteiger partial charge on any atom is -0.293 e. The van der Waals surface area contributed by atoms with Crippen LogP contribution in [-0.4, -0.2) is 5.66 Å². The van der Waals surface area contributed by atoms with E-state index >= 15 is 0 Å². The minimum absolute atomic E-state index is 0.501. The van der Waals surface area contributed by atoms with Crippen LogP contribution in [0.15, 0.2) is 0 Å². The maximum Gasteiger partial charge on any atom is 0.283 e. The van der Waals surface area contributed by atoms with Crippen LogP contribution in [0.2, 0.25) is 0 Å². The average molecular weight is 124 g/mol. The van der Waals surface area contributed by atoms with Crippen LogP contribution in [0, 0.1) is 12.5 Å². The molecule has 1 rings (SSSR count). The van der Waals surface area contributed by atoms with Crippen LogP contribution in [0.4, 0.5) is 0 Å². The van der Waals surface area contributed by atoms with Crippen molar-refractivity contribution in [2.75, 3.05) is 0 Å². The van der Waals surface area contributed by atoms with Gasteiger partial charge in [-0.25, -0.2) is 6.57 Å². The van der Waals surface area contributed by atoms with Crippen LogP contribution < -0.4 is 5.73 Å². The monoisotopic (exact) mass is 124 g/mol. The molecular formula is C7H12N2. The second kappa shape index (κ2) is 2.00. The van der Waals surface area contributed by atoms with Crippen molar-refractivity contribution in [2.45, 2.75) is 31.8 Å². The molecule has 0 aliphatic heterocycles. The Kier molecular flexibility index (Phi) is 1.46. The Hall–Kier alpha value is -0.550. The van der Waals surface area contributed by atoms with Crippen molar-refractivity contribution in [3.05, 3.63) is 11.4 Å². The van der Waals surface area contributed by atoms with Crippen molar-refractivity contribution in [3.8, 4) is 0 Å². The highest BCUT2D eigenvalue weighted by atomic mass is 15.0. The SMILES string of the molecule is [C-]#[N+]C1(N)CCC(C)C1. The topological polar surface area (TPSA) is 30.4 Å². The van der Waals surface area contributed by atoms with Crippen LogP contribution in [0.25, 0.3) is 4.85 Å². The molecule has 2 N–H and O–H groups in total. The van der Waals surface area contributed by atoms with Gasteiger partial charge in [-0.05, 0) is 12.3 Å². The predicted molar refractivity (Wildman–Crippen MR) is 36.5 cm³/mol. The third-order valence-electron chi connectivity index (χ3n) is 1.99. The fraction of sp³-hybridized carbons (Fsp3) is 0.857. The highest BCUT2D eigenvalue weighted by molar-refractivity contribution is 4.98. The number of rotatable bonds is 0. The second-order valence-electron chi connectivity index (χ2n) is 3.06. The summed E-state index contributed by atoms with van der Waals surface area (Å²) in [5.41, 5.74) is 5.19. The van der Waals surface area contributed by atoms with Crippen LogP contribution in [0.1, 0.15) is 26.2 Å². The van der Waals surface area contributed by atoms with Gasteiger partial charge in [0.15, 0.2) is 0 Å². The standard InChI is InChI=1S/C7H12N2/c1-6-3-4-7(8,5-6)9-2/h6H,3-5,8H2,1H3.